The number of hydrogen-bond acceptors (Lipinski definition) is 7. The van der Waals surface area contributed by atoms with Gasteiger partial charge in [-0.3, -0.25) is 19.2 Å². The van der Waals surface area contributed by atoms with E-state index in [1.807, 2.05) is 0 Å². The molecular weight excluding hydrogens is 503 g/mol. The van der Waals surface area contributed by atoms with Crippen LogP contribution in [0.25, 0.3) is 0 Å². The second kappa shape index (κ2) is 17.9. The number of rotatable bonds is 15. The second-order valence-corrected chi connectivity index (χ2v) is 10.9. The average Bonchev–Trinajstić information content (AvgIpc) is 3.62. The largest absolute Gasteiger partial charge is 1.00 e. The number of aliphatic carboxylic acids is 2. The smallest absolute Gasteiger partial charge is 0.550 e. The Labute approximate surface area is 263 Å². The monoisotopic (exact) mass is 546 g/mol. The quantitative estimate of drug-likeness (QED) is 0.180. The van der Waals surface area contributed by atoms with Crippen molar-refractivity contribution >= 4 is 29.5 Å². The summed E-state index contributed by atoms with van der Waals surface area (Å²) in [5.74, 6) is 2.47. The average molecular weight is 547 g/mol. The standard InChI is InChI=1S/C14H22O3.C10H16O2.C4H6O3.K/c1-2-17-14(16)9-12(15)7-8-13(10-3-4-10)11-5-6-11;11-10(12)6-5-9(7-1-2-7)8-3-4-8;1-3(5)2-4(6)7;/h10-11,13H,2-9H2,1H3;7-9H,1-6H2,(H,11,12);2H2,1H3,(H,6,7);/q;;;+1/p-1. The molecule has 4 aliphatic carbocycles. The van der Waals surface area contributed by atoms with Gasteiger partial charge in [0.25, 0.3) is 0 Å². The van der Waals surface area contributed by atoms with Crippen molar-refractivity contribution in [2.45, 2.75) is 104 Å². The Bertz CT molecular complexity index is 730. The Balaban J connectivity index is 0.000000300. The van der Waals surface area contributed by atoms with Crippen molar-refractivity contribution in [3.05, 3.63) is 0 Å². The first-order valence-corrected chi connectivity index (χ1v) is 13.7. The number of Topliss-reactive ketones (excluding diaryl/α,β-unsaturated/α-hetero) is 2. The Kier molecular flexibility index (Phi) is 16.6. The van der Waals surface area contributed by atoms with Crippen LogP contribution in [0.1, 0.15) is 104 Å². The molecule has 4 rings (SSSR count). The van der Waals surface area contributed by atoms with E-state index in [4.69, 9.17) is 9.84 Å². The molecule has 0 bridgehead atoms. The van der Waals surface area contributed by atoms with Crippen molar-refractivity contribution in [1.82, 2.24) is 0 Å². The summed E-state index contributed by atoms with van der Waals surface area (Å²) in [5, 5.41) is 18.0. The minimum atomic E-state index is -1.31. The minimum Gasteiger partial charge on any atom is -0.550 e. The Morgan fingerprint density at radius 3 is 1.46 bits per heavy atom. The molecule has 1 N–H and O–H groups in total. The van der Waals surface area contributed by atoms with Crippen molar-refractivity contribution < 1.29 is 90.3 Å². The number of ether oxygens (including phenoxy) is 1. The van der Waals surface area contributed by atoms with Crippen LogP contribution in [-0.2, 0) is 28.7 Å². The molecule has 4 fully saturated rings. The summed E-state index contributed by atoms with van der Waals surface area (Å²) >= 11 is 0. The van der Waals surface area contributed by atoms with Crippen LogP contribution in [0.2, 0.25) is 0 Å². The van der Waals surface area contributed by atoms with Gasteiger partial charge in [-0.25, -0.2) is 0 Å². The normalized spacial score (nSPS) is 17.9. The van der Waals surface area contributed by atoms with Gasteiger partial charge in [-0.15, -0.1) is 0 Å². The first-order valence-electron chi connectivity index (χ1n) is 13.7. The summed E-state index contributed by atoms with van der Waals surface area (Å²) in [6.07, 6.45) is 13.2. The van der Waals surface area contributed by atoms with E-state index in [1.165, 1.54) is 58.3 Å². The van der Waals surface area contributed by atoms with E-state index in [-0.39, 0.29) is 75.3 Å². The second-order valence-electron chi connectivity index (χ2n) is 10.9. The first kappa shape index (κ1) is 34.4. The van der Waals surface area contributed by atoms with E-state index in [1.54, 1.807) is 6.92 Å². The van der Waals surface area contributed by atoms with E-state index < -0.39 is 18.4 Å². The van der Waals surface area contributed by atoms with E-state index in [0.29, 0.717) is 19.4 Å². The number of carboxylic acids is 2. The van der Waals surface area contributed by atoms with Gasteiger partial charge in [0.15, 0.2) is 0 Å². The maximum Gasteiger partial charge on any atom is 1.00 e. The molecule has 0 aromatic heterocycles. The maximum absolute atomic E-state index is 11.6. The van der Waals surface area contributed by atoms with E-state index in [2.05, 4.69) is 0 Å². The number of carboxylic acid groups (broad SMARTS) is 2. The topological polar surface area (TPSA) is 138 Å². The summed E-state index contributed by atoms with van der Waals surface area (Å²) < 4.78 is 4.78. The van der Waals surface area contributed by atoms with Crippen molar-refractivity contribution in [2.24, 2.45) is 35.5 Å². The van der Waals surface area contributed by atoms with E-state index in [9.17, 15) is 29.1 Å². The maximum atomic E-state index is 11.6. The molecule has 0 saturated heterocycles. The number of hydrogen-bond donors (Lipinski definition) is 1. The Morgan fingerprint density at radius 1 is 0.784 bits per heavy atom. The molecule has 0 aliphatic heterocycles. The van der Waals surface area contributed by atoms with E-state index in [0.717, 1.165) is 48.3 Å². The SMILES string of the molecule is CC(=O)CC(=O)[O-].CCOC(=O)CC(=O)CCC(C1CC1)C1CC1.O=C(O)CCC(C1CC1)C1CC1.[K+]. The molecule has 9 heteroatoms. The Hall–Kier alpha value is -0.614. The summed E-state index contributed by atoms with van der Waals surface area (Å²) in [6, 6.07) is 0. The zero-order valence-electron chi connectivity index (χ0n) is 22.9. The summed E-state index contributed by atoms with van der Waals surface area (Å²) in [6.45, 7) is 3.33. The van der Waals surface area contributed by atoms with Crippen LogP contribution in [0.5, 0.6) is 0 Å². The fourth-order valence-electron chi connectivity index (χ4n) is 5.09. The van der Waals surface area contributed by atoms with Crippen molar-refractivity contribution in [2.75, 3.05) is 6.61 Å². The van der Waals surface area contributed by atoms with Gasteiger partial charge in [-0.2, -0.15) is 0 Å². The number of carbonyl (C=O) groups is 5. The van der Waals surface area contributed by atoms with Crippen LogP contribution in [0.4, 0.5) is 0 Å². The molecule has 4 aliphatic rings. The molecule has 0 unspecified atom stereocenters. The summed E-state index contributed by atoms with van der Waals surface area (Å²) in [5.41, 5.74) is 0. The summed E-state index contributed by atoms with van der Waals surface area (Å²) in [4.78, 5) is 52.5. The Morgan fingerprint density at radius 2 is 1.19 bits per heavy atom. The van der Waals surface area contributed by atoms with Crippen LogP contribution in [0.3, 0.4) is 0 Å². The fraction of sp³-hybridized carbons (Fsp3) is 0.821. The van der Waals surface area contributed by atoms with Crippen molar-refractivity contribution in [3.8, 4) is 0 Å². The molecule has 0 amide bonds. The number of ketones is 2. The third kappa shape index (κ3) is 16.8. The third-order valence-electron chi connectivity index (χ3n) is 7.40. The molecule has 37 heavy (non-hydrogen) atoms. The zero-order chi connectivity index (χ0) is 26.7. The molecular formula is C28H43KO8. The van der Waals surface area contributed by atoms with Crippen molar-refractivity contribution in [3.63, 3.8) is 0 Å². The molecule has 0 aromatic rings. The molecule has 0 spiro atoms. The van der Waals surface area contributed by atoms with Gasteiger partial charge in [-0.05, 0) is 114 Å². The number of carbonyl (C=O) groups excluding carboxylic acids is 4. The minimum absolute atomic E-state index is 0. The van der Waals surface area contributed by atoms with Gasteiger partial charge < -0.3 is 19.7 Å². The van der Waals surface area contributed by atoms with Gasteiger partial charge >= 0.3 is 63.3 Å². The molecule has 8 nitrogen and oxygen atoms in total. The van der Waals surface area contributed by atoms with Gasteiger partial charge in [-0.1, -0.05) is 0 Å². The van der Waals surface area contributed by atoms with Crippen LogP contribution in [0.15, 0.2) is 0 Å². The van der Waals surface area contributed by atoms with Gasteiger partial charge in [0, 0.05) is 25.2 Å². The van der Waals surface area contributed by atoms with Crippen LogP contribution in [-0.4, -0.2) is 41.2 Å². The molecule has 0 heterocycles. The van der Waals surface area contributed by atoms with Gasteiger partial charge in [0.1, 0.15) is 18.0 Å². The predicted octanol–water partition coefficient (Wildman–Crippen LogP) is 0.732. The molecule has 4 saturated carbocycles. The third-order valence-corrected chi connectivity index (χ3v) is 7.40. The van der Waals surface area contributed by atoms with Gasteiger partial charge in [0.2, 0.25) is 0 Å². The number of esters is 1. The first-order chi connectivity index (χ1) is 17.1. The van der Waals surface area contributed by atoms with Crippen LogP contribution < -0.4 is 56.5 Å². The van der Waals surface area contributed by atoms with Crippen LogP contribution in [0, 0.1) is 35.5 Å². The van der Waals surface area contributed by atoms with Gasteiger partial charge in [0.05, 0.1) is 6.61 Å². The molecule has 0 aromatic carbocycles. The summed E-state index contributed by atoms with van der Waals surface area (Å²) in [7, 11) is 0. The predicted molar refractivity (Wildman–Crippen MR) is 131 cm³/mol. The zero-order valence-corrected chi connectivity index (χ0v) is 26.0. The molecule has 0 radical (unpaired) electrons. The van der Waals surface area contributed by atoms with Crippen LogP contribution >= 0.6 is 0 Å². The van der Waals surface area contributed by atoms with Crippen molar-refractivity contribution in [1.29, 1.82) is 0 Å². The molecule has 204 valence electrons. The fourth-order valence-corrected chi connectivity index (χ4v) is 5.09. The molecule has 0 atom stereocenters. The van der Waals surface area contributed by atoms with E-state index >= 15 is 0 Å².